The van der Waals surface area contributed by atoms with Crippen LogP contribution in [-0.4, -0.2) is 30.9 Å². The van der Waals surface area contributed by atoms with E-state index in [2.05, 4.69) is 15.9 Å². The lowest BCUT2D eigenvalue weighted by Crippen LogP contribution is -2.40. The van der Waals surface area contributed by atoms with Crippen LogP contribution in [0.5, 0.6) is 11.5 Å². The van der Waals surface area contributed by atoms with Gasteiger partial charge in [-0.05, 0) is 71.2 Å². The van der Waals surface area contributed by atoms with Crippen molar-refractivity contribution < 1.29 is 19.0 Å². The predicted octanol–water partition coefficient (Wildman–Crippen LogP) is 5.11. The summed E-state index contributed by atoms with van der Waals surface area (Å²) in [6, 6.07) is 21.7. The van der Waals surface area contributed by atoms with Gasteiger partial charge in [0.1, 0.15) is 11.5 Å². The number of methoxy groups -OCH3 is 1. The summed E-state index contributed by atoms with van der Waals surface area (Å²) in [5.74, 6) is 0.880. The highest BCUT2D eigenvalue weighted by Gasteiger charge is 2.35. The Morgan fingerprint density at radius 2 is 1.80 bits per heavy atom. The number of hydrogen-bond acceptors (Lipinski definition) is 7. The van der Waals surface area contributed by atoms with Crippen LogP contribution in [0, 0.1) is 0 Å². The zero-order valence-corrected chi connectivity index (χ0v) is 24.6. The van der Waals surface area contributed by atoms with Crippen LogP contribution >= 0.6 is 27.3 Å². The van der Waals surface area contributed by atoms with Gasteiger partial charge in [0.25, 0.3) is 5.56 Å². The monoisotopic (exact) mass is 618 g/mol. The first-order valence-corrected chi connectivity index (χ1v) is 14.4. The van der Waals surface area contributed by atoms with Crippen molar-refractivity contribution in [2.24, 2.45) is 4.99 Å². The van der Waals surface area contributed by atoms with E-state index in [1.807, 2.05) is 85.8 Å². The Balaban J connectivity index is 1.77. The lowest BCUT2D eigenvalue weighted by Gasteiger charge is -2.26. The number of benzene rings is 3. The maximum Gasteiger partial charge on any atom is 0.338 e. The van der Waals surface area contributed by atoms with E-state index in [9.17, 15) is 9.59 Å². The highest BCUT2D eigenvalue weighted by molar-refractivity contribution is 9.10. The predicted molar refractivity (Wildman–Crippen MR) is 159 cm³/mol. The van der Waals surface area contributed by atoms with E-state index in [0.29, 0.717) is 33.0 Å². The minimum Gasteiger partial charge on any atom is -0.497 e. The van der Waals surface area contributed by atoms with E-state index in [4.69, 9.17) is 19.2 Å². The van der Waals surface area contributed by atoms with Gasteiger partial charge < -0.3 is 14.2 Å². The Morgan fingerprint density at radius 1 is 1.05 bits per heavy atom. The van der Waals surface area contributed by atoms with Gasteiger partial charge >= 0.3 is 5.97 Å². The molecule has 4 aromatic rings. The highest BCUT2D eigenvalue weighted by atomic mass is 79.9. The smallest absolute Gasteiger partial charge is 0.338 e. The summed E-state index contributed by atoms with van der Waals surface area (Å²) in [6.07, 6.45) is 1.83. The van der Waals surface area contributed by atoms with Crippen LogP contribution in [0.1, 0.15) is 36.6 Å². The molecular weight excluding hydrogens is 592 g/mol. The molecule has 0 radical (unpaired) electrons. The fourth-order valence-electron chi connectivity index (χ4n) is 4.57. The minimum atomic E-state index is -0.745. The number of aromatic nitrogens is 1. The molecule has 40 heavy (non-hydrogen) atoms. The Hall–Kier alpha value is -3.95. The van der Waals surface area contributed by atoms with Crippen molar-refractivity contribution in [1.82, 2.24) is 4.57 Å². The van der Waals surface area contributed by atoms with Crippen molar-refractivity contribution in [1.29, 1.82) is 0 Å². The van der Waals surface area contributed by atoms with Gasteiger partial charge in [-0.1, -0.05) is 59.9 Å². The lowest BCUT2D eigenvalue weighted by atomic mass is 9.93. The maximum atomic E-state index is 14.0. The zero-order chi connectivity index (χ0) is 28.2. The summed E-state index contributed by atoms with van der Waals surface area (Å²) >= 11 is 4.83. The summed E-state index contributed by atoms with van der Waals surface area (Å²) in [6.45, 7) is 4.42. The average Bonchev–Trinajstić information content (AvgIpc) is 3.28. The number of halogens is 1. The van der Waals surface area contributed by atoms with Crippen LogP contribution in [0.25, 0.3) is 11.8 Å². The summed E-state index contributed by atoms with van der Waals surface area (Å²) in [5.41, 5.74) is 2.87. The fourth-order valence-corrected chi connectivity index (χ4v) is 6.08. The Morgan fingerprint density at radius 3 is 2.45 bits per heavy atom. The molecule has 0 spiro atoms. The molecule has 0 saturated heterocycles. The van der Waals surface area contributed by atoms with Crippen LogP contribution in [0.2, 0.25) is 0 Å². The number of carbonyl (C=O) groups excluding carboxylic acids is 1. The van der Waals surface area contributed by atoms with Crippen LogP contribution in [0.15, 0.2) is 92.6 Å². The standard InChI is InChI=1S/C31H27BrN2O5S/c1-4-38-24-16-11-19(17-23(24)32)18-25-29(35)34-28(21-12-14-22(37-3)15-13-21)26(30(36)39-5-2)27(33-31(34)40-25)20-9-7-6-8-10-20/h6-18,28H,4-5H2,1-3H3/b25-18-/t28-/m0/s1. The van der Waals surface area contributed by atoms with Crippen molar-refractivity contribution in [3.63, 3.8) is 0 Å². The average molecular weight is 620 g/mol. The first-order valence-electron chi connectivity index (χ1n) is 12.8. The Bertz CT molecular complexity index is 1760. The molecule has 7 nitrogen and oxygen atoms in total. The van der Waals surface area contributed by atoms with E-state index >= 15 is 0 Å². The molecule has 0 bridgehead atoms. The second kappa shape index (κ2) is 12.1. The highest BCUT2D eigenvalue weighted by Crippen LogP contribution is 2.35. The number of nitrogens with zero attached hydrogens (tertiary/aromatic N) is 2. The molecule has 2 heterocycles. The number of thiazole rings is 1. The van der Waals surface area contributed by atoms with E-state index in [1.54, 1.807) is 18.6 Å². The third-order valence-electron chi connectivity index (χ3n) is 6.36. The number of esters is 1. The number of hydrogen-bond donors (Lipinski definition) is 0. The molecule has 0 N–H and O–H groups in total. The van der Waals surface area contributed by atoms with Crippen LogP contribution in [0.3, 0.4) is 0 Å². The van der Waals surface area contributed by atoms with Crippen molar-refractivity contribution in [2.75, 3.05) is 20.3 Å². The Kier molecular flexibility index (Phi) is 8.32. The molecule has 9 heteroatoms. The molecule has 1 aromatic heterocycles. The third kappa shape index (κ3) is 5.39. The van der Waals surface area contributed by atoms with Gasteiger partial charge in [-0.15, -0.1) is 0 Å². The molecule has 0 fully saturated rings. The summed E-state index contributed by atoms with van der Waals surface area (Å²) in [4.78, 5) is 32.9. The molecule has 0 saturated carbocycles. The van der Waals surface area contributed by atoms with Crippen molar-refractivity contribution in [2.45, 2.75) is 19.9 Å². The zero-order valence-electron chi connectivity index (χ0n) is 22.2. The number of rotatable bonds is 8. The van der Waals surface area contributed by atoms with E-state index in [0.717, 1.165) is 26.9 Å². The van der Waals surface area contributed by atoms with Crippen LogP contribution < -0.4 is 24.4 Å². The molecular formula is C31H27BrN2O5S. The summed E-state index contributed by atoms with van der Waals surface area (Å²) in [7, 11) is 1.59. The first-order chi connectivity index (χ1) is 19.4. The number of carbonyl (C=O) groups is 1. The fraction of sp³-hybridized carbons (Fsp3) is 0.194. The van der Waals surface area contributed by atoms with Gasteiger partial charge in [0.2, 0.25) is 0 Å². The molecule has 0 amide bonds. The third-order valence-corrected chi connectivity index (χ3v) is 7.96. The largest absolute Gasteiger partial charge is 0.497 e. The molecule has 204 valence electrons. The number of ether oxygens (including phenoxy) is 3. The van der Waals surface area contributed by atoms with E-state index in [-0.39, 0.29) is 12.2 Å². The van der Waals surface area contributed by atoms with Gasteiger partial charge in [-0.2, -0.15) is 0 Å². The maximum absolute atomic E-state index is 14.0. The first kappa shape index (κ1) is 27.6. The van der Waals surface area contributed by atoms with Gasteiger partial charge in [-0.25, -0.2) is 9.79 Å². The molecule has 1 atom stereocenters. The molecule has 1 aliphatic heterocycles. The minimum absolute atomic E-state index is 0.191. The molecule has 3 aromatic carbocycles. The van der Waals surface area contributed by atoms with Gasteiger partial charge in [0, 0.05) is 5.56 Å². The molecule has 5 rings (SSSR count). The molecule has 1 aliphatic rings. The lowest BCUT2D eigenvalue weighted by molar-refractivity contribution is -0.138. The summed E-state index contributed by atoms with van der Waals surface area (Å²) < 4.78 is 19.4. The normalized spacial score (nSPS) is 14.9. The van der Waals surface area contributed by atoms with Crippen LogP contribution in [0.4, 0.5) is 0 Å². The second-order valence-electron chi connectivity index (χ2n) is 8.83. The van der Waals surface area contributed by atoms with E-state index < -0.39 is 12.0 Å². The second-order valence-corrected chi connectivity index (χ2v) is 10.7. The van der Waals surface area contributed by atoms with Crippen molar-refractivity contribution in [3.8, 4) is 11.5 Å². The van der Waals surface area contributed by atoms with Crippen molar-refractivity contribution >= 4 is 45.0 Å². The Labute approximate surface area is 243 Å². The summed E-state index contributed by atoms with van der Waals surface area (Å²) in [5, 5.41) is 0. The van der Waals surface area contributed by atoms with Gasteiger partial charge in [-0.3, -0.25) is 9.36 Å². The van der Waals surface area contributed by atoms with Gasteiger partial charge in [0.15, 0.2) is 4.80 Å². The SMILES string of the molecule is CCOC(=O)C1=C(c2ccccc2)N=c2s/c(=C\c3ccc(OCC)c(Br)c3)c(=O)n2[C@H]1c1ccc(OC)cc1. The topological polar surface area (TPSA) is 79.1 Å². The van der Waals surface area contributed by atoms with E-state index in [1.165, 1.54) is 11.3 Å². The van der Waals surface area contributed by atoms with Crippen LogP contribution in [-0.2, 0) is 9.53 Å². The molecule has 0 unspecified atom stereocenters. The number of fused-ring (bicyclic) bond motifs is 1. The molecule has 0 aliphatic carbocycles. The quantitative estimate of drug-likeness (QED) is 0.257. The van der Waals surface area contributed by atoms with Gasteiger partial charge in [0.05, 0.1) is 46.6 Å². The van der Waals surface area contributed by atoms with Crippen molar-refractivity contribution in [3.05, 3.63) is 119 Å².